The lowest BCUT2D eigenvalue weighted by atomic mass is 9.62. The van der Waals surface area contributed by atoms with Gasteiger partial charge in [-0.25, -0.2) is 9.97 Å². The molecule has 11 nitrogen and oxygen atoms in total. The van der Waals surface area contributed by atoms with Crippen molar-refractivity contribution >= 4 is 99.3 Å². The van der Waals surface area contributed by atoms with Crippen molar-refractivity contribution in [3.05, 3.63) is 396 Å². The van der Waals surface area contributed by atoms with Gasteiger partial charge < -0.3 is 23.3 Å². The SMILES string of the molecule is c1ccc2c(c1)Oc1ccccc1C21c2ccc(-c3ccc4nc5n(-c6ccc7c(c6)c6ccccc6n7-c6cccc7c6Oc6ccccc6C76c7ccccc7-c7ccccc76)c6ccccc6n5c4c3)cc2Oc2ccc(-n3c4ccccc4c4cc(-n5c6ccccc6n6c7ccccc7nc56)ccc43)cc21. The van der Waals surface area contributed by atoms with Crippen LogP contribution in [0.5, 0.6) is 34.5 Å². The Kier molecular flexibility index (Phi) is 11.4. The standard InChI is InChI=1S/C100H58N8O3/c1-5-26-70-64(22-1)65-23-2-6-27-71(65)99(70)74-30-9-20-43-93(74)111-96-76(99)31-21-40-89(96)106-81-34-12-4-25-67(81)69-57-62(47-52-83(69)106)105-86-37-15-17-39-88(86)108-90-54-59(45-50-79(90)102-98(105)108)60-44-49-75-95(55-60)110-94-53-48-63(58-77(94)100(75)72-28-7-18-41-91(72)109-92-42-19-8-29-73(92)100)103-80-33-11-3-24-66(80)68-56-61(46-51-82(68)103)104-85-36-14-16-38-87(85)107-84-35-13-10-32-78(84)101-97(104)107/h1-58H. The van der Waals surface area contributed by atoms with E-state index in [2.05, 4.69) is 379 Å². The van der Waals surface area contributed by atoms with Crippen LogP contribution in [0.2, 0.25) is 0 Å². The van der Waals surface area contributed by atoms with E-state index >= 15 is 0 Å². The third kappa shape index (κ3) is 7.56. The van der Waals surface area contributed by atoms with Gasteiger partial charge in [-0.05, 0) is 179 Å². The third-order valence-corrected chi connectivity index (χ3v) is 24.6. The van der Waals surface area contributed by atoms with E-state index in [1.54, 1.807) is 0 Å². The van der Waals surface area contributed by atoms with Gasteiger partial charge in [0, 0.05) is 72.0 Å². The summed E-state index contributed by atoms with van der Waals surface area (Å²) in [6.07, 6.45) is 0. The molecule has 0 saturated heterocycles. The minimum absolute atomic E-state index is 0.600. The molecule has 0 atom stereocenters. The van der Waals surface area contributed by atoms with E-state index in [9.17, 15) is 0 Å². The zero-order chi connectivity index (χ0) is 72.1. The summed E-state index contributed by atoms with van der Waals surface area (Å²) in [5.41, 5.74) is 28.6. The maximum atomic E-state index is 7.42. The molecule has 1 aliphatic carbocycles. The van der Waals surface area contributed by atoms with E-state index in [0.29, 0.717) is 0 Å². The number of hydrogen-bond donors (Lipinski definition) is 0. The number of hydrogen-bond acceptors (Lipinski definition) is 5. The maximum absolute atomic E-state index is 7.42. The Hall–Kier alpha value is -14.9. The largest absolute Gasteiger partial charge is 0.457 e. The van der Waals surface area contributed by atoms with Gasteiger partial charge >= 0.3 is 0 Å². The van der Waals surface area contributed by atoms with E-state index in [4.69, 9.17) is 24.2 Å². The molecule has 516 valence electrons. The number of nitrogens with zero attached hydrogens (tertiary/aromatic N) is 8. The summed E-state index contributed by atoms with van der Waals surface area (Å²) in [6.45, 7) is 0. The Morgan fingerprint density at radius 2 is 0.649 bits per heavy atom. The molecule has 0 fully saturated rings. The molecule has 4 aliphatic rings. The molecule has 0 N–H and O–H groups in total. The van der Waals surface area contributed by atoms with Crippen molar-refractivity contribution in [3.63, 3.8) is 0 Å². The summed E-state index contributed by atoms with van der Waals surface area (Å²) in [7, 11) is 0. The van der Waals surface area contributed by atoms with E-state index in [1.165, 1.54) is 22.3 Å². The number of imidazole rings is 4. The Bertz CT molecular complexity index is 7840. The van der Waals surface area contributed by atoms with Crippen LogP contribution in [0.4, 0.5) is 0 Å². The Morgan fingerprint density at radius 3 is 1.29 bits per heavy atom. The fourth-order valence-corrected chi connectivity index (χ4v) is 20.2. The summed E-state index contributed by atoms with van der Waals surface area (Å²) >= 11 is 0. The second kappa shape index (κ2) is 21.4. The van der Waals surface area contributed by atoms with Crippen molar-refractivity contribution in [1.29, 1.82) is 0 Å². The average molecular weight is 1420 g/mol. The lowest BCUT2D eigenvalue weighted by molar-refractivity contribution is 0.399. The zero-order valence-electron chi connectivity index (χ0n) is 59.3. The molecule has 11 heteroatoms. The topological polar surface area (TPSA) is 82.0 Å². The summed E-state index contributed by atoms with van der Waals surface area (Å²) < 4.78 is 35.7. The molecule has 0 bridgehead atoms. The van der Waals surface area contributed by atoms with Crippen molar-refractivity contribution in [1.82, 2.24) is 37.0 Å². The van der Waals surface area contributed by atoms with Gasteiger partial charge in [0.15, 0.2) is 5.75 Å². The highest BCUT2D eigenvalue weighted by Crippen LogP contribution is 2.65. The van der Waals surface area contributed by atoms with Crippen LogP contribution < -0.4 is 14.2 Å². The van der Waals surface area contributed by atoms with Crippen molar-refractivity contribution in [2.45, 2.75) is 10.8 Å². The van der Waals surface area contributed by atoms with Gasteiger partial charge in [-0.1, -0.05) is 206 Å². The van der Waals surface area contributed by atoms with E-state index in [1.807, 2.05) is 0 Å². The van der Waals surface area contributed by atoms with Gasteiger partial charge in [-0.3, -0.25) is 17.9 Å². The molecule has 0 saturated carbocycles. The van der Waals surface area contributed by atoms with Gasteiger partial charge in [-0.2, -0.15) is 0 Å². The molecular formula is C100H58N8O3. The molecule has 6 aromatic heterocycles. The van der Waals surface area contributed by atoms with Crippen molar-refractivity contribution in [3.8, 4) is 79.5 Å². The molecule has 9 heterocycles. The zero-order valence-corrected chi connectivity index (χ0v) is 59.3. The van der Waals surface area contributed by atoms with Crippen LogP contribution in [-0.4, -0.2) is 37.0 Å². The molecule has 22 aromatic rings. The first-order valence-corrected chi connectivity index (χ1v) is 37.9. The first kappa shape index (κ1) is 59.2. The van der Waals surface area contributed by atoms with E-state index in [-0.39, 0.29) is 0 Å². The highest BCUT2D eigenvalue weighted by molar-refractivity contribution is 6.12. The predicted molar refractivity (Wildman–Crippen MR) is 443 cm³/mol. The number of aromatic nitrogens is 8. The average Bonchev–Trinajstić information content (AvgIpc) is 1.64. The van der Waals surface area contributed by atoms with Crippen LogP contribution in [-0.2, 0) is 10.8 Å². The fourth-order valence-electron chi connectivity index (χ4n) is 20.2. The van der Waals surface area contributed by atoms with E-state index in [0.717, 1.165) is 201 Å². The Labute approximate surface area is 633 Å². The van der Waals surface area contributed by atoms with Crippen molar-refractivity contribution in [2.24, 2.45) is 0 Å². The van der Waals surface area contributed by atoms with Crippen molar-refractivity contribution in [2.75, 3.05) is 0 Å². The van der Waals surface area contributed by atoms with Gasteiger partial charge in [0.1, 0.15) is 28.7 Å². The molecule has 111 heavy (non-hydrogen) atoms. The first-order valence-electron chi connectivity index (χ1n) is 37.9. The number of para-hydroxylation sites is 12. The summed E-state index contributed by atoms with van der Waals surface area (Å²) in [5.74, 6) is 6.54. The molecule has 0 radical (unpaired) electrons. The predicted octanol–water partition coefficient (Wildman–Crippen LogP) is 24.1. The van der Waals surface area contributed by atoms with Gasteiger partial charge in [0.25, 0.3) is 0 Å². The second-order valence-corrected chi connectivity index (χ2v) is 29.9. The minimum atomic E-state index is -0.868. The minimum Gasteiger partial charge on any atom is -0.457 e. The molecular weight excluding hydrogens is 1360 g/mol. The quantitative estimate of drug-likeness (QED) is 0.171. The van der Waals surface area contributed by atoms with Crippen LogP contribution in [0.25, 0.3) is 144 Å². The monoisotopic (exact) mass is 1420 g/mol. The first-order chi connectivity index (χ1) is 55.0. The summed E-state index contributed by atoms with van der Waals surface area (Å²) in [4.78, 5) is 10.8. The summed E-state index contributed by atoms with van der Waals surface area (Å²) in [6, 6.07) is 127. The van der Waals surface area contributed by atoms with Crippen LogP contribution in [0.15, 0.2) is 352 Å². The Balaban J connectivity index is 0.609. The number of benzene rings is 16. The van der Waals surface area contributed by atoms with Gasteiger partial charge in [0.2, 0.25) is 11.6 Å². The summed E-state index contributed by atoms with van der Waals surface area (Å²) in [5, 5.41) is 4.55. The Morgan fingerprint density at radius 1 is 0.225 bits per heavy atom. The van der Waals surface area contributed by atoms with Crippen LogP contribution in [0.3, 0.4) is 0 Å². The maximum Gasteiger partial charge on any atom is 0.220 e. The number of fused-ring (bicyclic) bond motifs is 33. The highest BCUT2D eigenvalue weighted by atomic mass is 16.5. The van der Waals surface area contributed by atoms with Gasteiger partial charge in [0.05, 0.1) is 82.7 Å². The number of rotatable bonds is 5. The van der Waals surface area contributed by atoms with Crippen molar-refractivity contribution < 1.29 is 14.2 Å². The highest BCUT2D eigenvalue weighted by Gasteiger charge is 2.53. The molecule has 16 aromatic carbocycles. The molecule has 0 amide bonds. The molecule has 2 spiro atoms. The van der Waals surface area contributed by atoms with Crippen LogP contribution in [0.1, 0.15) is 44.5 Å². The van der Waals surface area contributed by atoms with E-state index < -0.39 is 10.8 Å². The number of ether oxygens (including phenoxy) is 3. The lowest BCUT2D eigenvalue weighted by Gasteiger charge is -2.45. The van der Waals surface area contributed by atoms with Gasteiger partial charge in [-0.15, -0.1) is 0 Å². The fraction of sp³-hybridized carbons (Fsp3) is 0.0200. The second-order valence-electron chi connectivity index (χ2n) is 29.9. The third-order valence-electron chi connectivity index (χ3n) is 24.6. The normalized spacial score (nSPS) is 13.9. The van der Waals surface area contributed by atoms with Crippen LogP contribution in [0, 0.1) is 0 Å². The molecule has 0 unspecified atom stereocenters. The van der Waals surface area contributed by atoms with Crippen LogP contribution >= 0.6 is 0 Å². The lowest BCUT2D eigenvalue weighted by Crippen LogP contribution is -2.37. The smallest absolute Gasteiger partial charge is 0.220 e. The molecule has 26 rings (SSSR count). The molecule has 3 aliphatic heterocycles.